The SMILES string of the molecule is C=CCCCCCCCCOC(F)(F)F. The minimum Gasteiger partial charge on any atom is -0.292 e. The maximum Gasteiger partial charge on any atom is 0.522 e. The summed E-state index contributed by atoms with van der Waals surface area (Å²) in [5.41, 5.74) is 0. The molecule has 0 amide bonds. The van der Waals surface area contributed by atoms with E-state index < -0.39 is 6.36 Å². The molecule has 15 heavy (non-hydrogen) atoms. The fraction of sp³-hybridized carbons (Fsp3) is 0.818. The third-order valence-electron chi connectivity index (χ3n) is 2.07. The van der Waals surface area contributed by atoms with E-state index in [0.717, 1.165) is 38.5 Å². The summed E-state index contributed by atoms with van der Waals surface area (Å²) in [6.07, 6.45) is 4.07. The Hall–Kier alpha value is -0.510. The van der Waals surface area contributed by atoms with Gasteiger partial charge in [0.25, 0.3) is 0 Å². The highest BCUT2D eigenvalue weighted by atomic mass is 19.4. The molecule has 0 aromatic rings. The molecule has 0 spiro atoms. The predicted molar refractivity (Wildman–Crippen MR) is 54.5 cm³/mol. The van der Waals surface area contributed by atoms with Gasteiger partial charge in [0.1, 0.15) is 0 Å². The van der Waals surface area contributed by atoms with E-state index >= 15 is 0 Å². The summed E-state index contributed by atoms with van der Waals surface area (Å²) in [5.74, 6) is 0. The van der Waals surface area contributed by atoms with Crippen LogP contribution >= 0.6 is 0 Å². The second-order valence-corrected chi connectivity index (χ2v) is 3.49. The van der Waals surface area contributed by atoms with Gasteiger partial charge in [-0.25, -0.2) is 0 Å². The van der Waals surface area contributed by atoms with Crippen LogP contribution in [0.2, 0.25) is 0 Å². The standard InChI is InChI=1S/C11H19F3O/c1-2-3-4-5-6-7-8-9-10-15-11(12,13)14/h2H,1,3-10H2. The third-order valence-corrected chi connectivity index (χ3v) is 2.07. The van der Waals surface area contributed by atoms with Crippen LogP contribution in [0.5, 0.6) is 0 Å². The van der Waals surface area contributed by atoms with Crippen molar-refractivity contribution in [2.24, 2.45) is 0 Å². The first-order chi connectivity index (χ1) is 7.06. The first kappa shape index (κ1) is 14.5. The van der Waals surface area contributed by atoms with Crippen LogP contribution in [-0.2, 0) is 4.74 Å². The minimum atomic E-state index is -4.47. The van der Waals surface area contributed by atoms with Gasteiger partial charge in [0.05, 0.1) is 6.61 Å². The Bertz CT molecular complexity index is 154. The van der Waals surface area contributed by atoms with Crippen LogP contribution in [-0.4, -0.2) is 13.0 Å². The fourth-order valence-corrected chi connectivity index (χ4v) is 1.29. The number of ether oxygens (including phenoxy) is 1. The summed E-state index contributed by atoms with van der Waals surface area (Å²) in [6.45, 7) is 3.41. The lowest BCUT2D eigenvalue weighted by molar-refractivity contribution is -0.324. The second kappa shape index (κ2) is 8.77. The molecule has 90 valence electrons. The van der Waals surface area contributed by atoms with E-state index in [-0.39, 0.29) is 6.61 Å². The Morgan fingerprint density at radius 3 is 2.00 bits per heavy atom. The lowest BCUT2D eigenvalue weighted by Gasteiger charge is -2.06. The van der Waals surface area contributed by atoms with Gasteiger partial charge >= 0.3 is 6.36 Å². The molecule has 0 N–H and O–H groups in total. The Morgan fingerprint density at radius 1 is 0.933 bits per heavy atom. The molecule has 4 heteroatoms. The summed E-state index contributed by atoms with van der Waals surface area (Å²) in [4.78, 5) is 0. The Morgan fingerprint density at radius 2 is 1.47 bits per heavy atom. The van der Waals surface area contributed by atoms with E-state index in [9.17, 15) is 13.2 Å². The highest BCUT2D eigenvalue weighted by Gasteiger charge is 2.28. The van der Waals surface area contributed by atoms with Gasteiger partial charge in [-0.05, 0) is 19.3 Å². The highest BCUT2D eigenvalue weighted by Crippen LogP contribution is 2.17. The van der Waals surface area contributed by atoms with Crippen LogP contribution in [0.4, 0.5) is 13.2 Å². The van der Waals surface area contributed by atoms with Crippen LogP contribution in [0.25, 0.3) is 0 Å². The zero-order valence-corrected chi connectivity index (χ0v) is 8.98. The molecule has 0 bridgehead atoms. The van der Waals surface area contributed by atoms with Gasteiger partial charge in [0.15, 0.2) is 0 Å². The molecule has 0 rings (SSSR count). The van der Waals surface area contributed by atoms with E-state index in [1.807, 2.05) is 6.08 Å². The van der Waals surface area contributed by atoms with Crippen LogP contribution in [0.15, 0.2) is 12.7 Å². The summed E-state index contributed by atoms with van der Waals surface area (Å²) >= 11 is 0. The van der Waals surface area contributed by atoms with Crippen molar-refractivity contribution in [3.05, 3.63) is 12.7 Å². The Labute approximate surface area is 89.3 Å². The van der Waals surface area contributed by atoms with Crippen molar-refractivity contribution in [2.45, 2.75) is 51.3 Å². The lowest BCUT2D eigenvalue weighted by Crippen LogP contribution is -2.13. The molecular formula is C11H19F3O. The van der Waals surface area contributed by atoms with E-state index in [1.165, 1.54) is 0 Å². The minimum absolute atomic E-state index is 0.212. The number of allylic oxidation sites excluding steroid dienone is 1. The summed E-state index contributed by atoms with van der Waals surface area (Å²) in [7, 11) is 0. The van der Waals surface area contributed by atoms with Crippen LogP contribution < -0.4 is 0 Å². The van der Waals surface area contributed by atoms with Gasteiger partial charge in [-0.2, -0.15) is 0 Å². The molecule has 0 aromatic heterocycles. The zero-order valence-electron chi connectivity index (χ0n) is 8.98. The van der Waals surface area contributed by atoms with E-state index in [0.29, 0.717) is 6.42 Å². The smallest absolute Gasteiger partial charge is 0.292 e. The molecule has 0 saturated heterocycles. The fourth-order valence-electron chi connectivity index (χ4n) is 1.29. The van der Waals surface area contributed by atoms with Gasteiger partial charge in [-0.1, -0.05) is 31.8 Å². The molecule has 0 atom stereocenters. The topological polar surface area (TPSA) is 9.23 Å². The average Bonchev–Trinajstić information content (AvgIpc) is 2.14. The van der Waals surface area contributed by atoms with Crippen LogP contribution in [0.3, 0.4) is 0 Å². The van der Waals surface area contributed by atoms with Gasteiger partial charge in [0.2, 0.25) is 0 Å². The molecule has 0 heterocycles. The Kier molecular flexibility index (Phi) is 8.47. The van der Waals surface area contributed by atoms with Crippen molar-refractivity contribution < 1.29 is 17.9 Å². The quantitative estimate of drug-likeness (QED) is 0.415. The number of halogens is 3. The first-order valence-corrected chi connectivity index (χ1v) is 5.38. The average molecular weight is 224 g/mol. The molecule has 0 aliphatic carbocycles. The van der Waals surface area contributed by atoms with Crippen molar-refractivity contribution in [1.29, 1.82) is 0 Å². The molecule has 0 aromatic carbocycles. The third kappa shape index (κ3) is 13.5. The Balaban J connectivity index is 3.02. The second-order valence-electron chi connectivity index (χ2n) is 3.49. The largest absolute Gasteiger partial charge is 0.522 e. The van der Waals surface area contributed by atoms with E-state index in [2.05, 4.69) is 11.3 Å². The number of hydrogen-bond acceptors (Lipinski definition) is 1. The molecule has 0 unspecified atom stereocenters. The normalized spacial score (nSPS) is 11.7. The van der Waals surface area contributed by atoms with Crippen LogP contribution in [0.1, 0.15) is 44.9 Å². The number of alkyl halides is 3. The summed E-state index contributed by atoms with van der Waals surface area (Å²) in [6, 6.07) is 0. The zero-order chi connectivity index (χ0) is 11.6. The van der Waals surface area contributed by atoms with Crippen LogP contribution in [0, 0.1) is 0 Å². The van der Waals surface area contributed by atoms with Gasteiger partial charge in [-0.15, -0.1) is 19.8 Å². The molecule has 0 saturated carbocycles. The van der Waals surface area contributed by atoms with Crippen molar-refractivity contribution in [1.82, 2.24) is 0 Å². The monoisotopic (exact) mass is 224 g/mol. The van der Waals surface area contributed by atoms with Crippen molar-refractivity contribution >= 4 is 0 Å². The van der Waals surface area contributed by atoms with Crippen molar-refractivity contribution in [2.75, 3.05) is 6.61 Å². The number of unbranched alkanes of at least 4 members (excludes halogenated alkanes) is 6. The molecule has 0 aliphatic rings. The number of hydrogen-bond donors (Lipinski definition) is 0. The van der Waals surface area contributed by atoms with Crippen molar-refractivity contribution in [3.8, 4) is 0 Å². The van der Waals surface area contributed by atoms with E-state index in [1.54, 1.807) is 0 Å². The molecule has 0 fully saturated rings. The first-order valence-electron chi connectivity index (χ1n) is 5.38. The van der Waals surface area contributed by atoms with Gasteiger partial charge in [-0.3, -0.25) is 4.74 Å². The van der Waals surface area contributed by atoms with Crippen molar-refractivity contribution in [3.63, 3.8) is 0 Å². The summed E-state index contributed by atoms with van der Waals surface area (Å²) in [5, 5.41) is 0. The number of rotatable bonds is 9. The molecule has 0 radical (unpaired) electrons. The van der Waals surface area contributed by atoms with Gasteiger partial charge in [0, 0.05) is 0 Å². The van der Waals surface area contributed by atoms with E-state index in [4.69, 9.17) is 0 Å². The lowest BCUT2D eigenvalue weighted by atomic mass is 10.1. The highest BCUT2D eigenvalue weighted by molar-refractivity contribution is 4.65. The maximum atomic E-state index is 11.5. The summed E-state index contributed by atoms with van der Waals surface area (Å²) < 4.78 is 38.3. The molecule has 1 nitrogen and oxygen atoms in total. The maximum absolute atomic E-state index is 11.5. The van der Waals surface area contributed by atoms with Gasteiger partial charge < -0.3 is 0 Å². The molecular weight excluding hydrogens is 205 g/mol. The molecule has 0 aliphatic heterocycles. The predicted octanol–water partition coefficient (Wildman–Crippen LogP) is 4.44.